The van der Waals surface area contributed by atoms with Crippen LogP contribution < -0.4 is 14.2 Å². The van der Waals surface area contributed by atoms with Crippen molar-refractivity contribution in [3.05, 3.63) is 53.3 Å². The smallest absolute Gasteiger partial charge is 0.257 e. The summed E-state index contributed by atoms with van der Waals surface area (Å²) in [5.41, 5.74) is 0.820. The van der Waals surface area contributed by atoms with Crippen LogP contribution in [0.1, 0.15) is 28.8 Å². The molecule has 0 bridgehead atoms. The highest BCUT2D eigenvalue weighted by atomic mass is 19.1. The number of hydrogen-bond acceptors (Lipinski definition) is 5. The SMILES string of the molecule is COc1cc(CN(C[C@@H]2CCCO2)C(=O)c2ccccc2F)cc(OC)c1OC. The number of benzene rings is 2. The predicted octanol–water partition coefficient (Wildman–Crippen LogP) is 3.67. The van der Waals surface area contributed by atoms with Crippen LogP contribution in [-0.4, -0.2) is 51.4 Å². The van der Waals surface area contributed by atoms with Crippen LogP contribution in [0.15, 0.2) is 36.4 Å². The monoisotopic (exact) mass is 403 g/mol. The molecule has 1 heterocycles. The lowest BCUT2D eigenvalue weighted by molar-refractivity contribution is 0.0503. The highest BCUT2D eigenvalue weighted by molar-refractivity contribution is 5.94. The molecule has 29 heavy (non-hydrogen) atoms. The molecule has 2 aromatic carbocycles. The highest BCUT2D eigenvalue weighted by Crippen LogP contribution is 2.38. The number of halogens is 1. The van der Waals surface area contributed by atoms with E-state index in [1.54, 1.807) is 29.2 Å². The maximum atomic E-state index is 14.3. The molecule has 156 valence electrons. The van der Waals surface area contributed by atoms with Crippen LogP contribution in [0.25, 0.3) is 0 Å². The quantitative estimate of drug-likeness (QED) is 0.673. The number of nitrogens with zero attached hydrogens (tertiary/aromatic N) is 1. The van der Waals surface area contributed by atoms with Crippen LogP contribution in [0.2, 0.25) is 0 Å². The van der Waals surface area contributed by atoms with Crippen molar-refractivity contribution in [1.82, 2.24) is 4.90 Å². The van der Waals surface area contributed by atoms with Gasteiger partial charge in [0.15, 0.2) is 11.5 Å². The molecule has 0 unspecified atom stereocenters. The van der Waals surface area contributed by atoms with Gasteiger partial charge in [0.1, 0.15) is 5.82 Å². The van der Waals surface area contributed by atoms with Gasteiger partial charge in [-0.25, -0.2) is 4.39 Å². The molecule has 0 spiro atoms. The zero-order valence-electron chi connectivity index (χ0n) is 16.9. The van der Waals surface area contributed by atoms with E-state index in [0.717, 1.165) is 18.4 Å². The summed E-state index contributed by atoms with van der Waals surface area (Å²) in [6.45, 7) is 1.31. The Morgan fingerprint density at radius 3 is 2.38 bits per heavy atom. The van der Waals surface area contributed by atoms with Crippen molar-refractivity contribution in [2.75, 3.05) is 34.5 Å². The number of carbonyl (C=O) groups excluding carboxylic acids is 1. The minimum Gasteiger partial charge on any atom is -0.493 e. The molecular weight excluding hydrogens is 377 g/mol. The van der Waals surface area contributed by atoms with Gasteiger partial charge in [-0.05, 0) is 42.7 Å². The van der Waals surface area contributed by atoms with E-state index in [-0.39, 0.29) is 24.1 Å². The summed E-state index contributed by atoms with van der Waals surface area (Å²) in [7, 11) is 4.61. The van der Waals surface area contributed by atoms with Crippen molar-refractivity contribution in [1.29, 1.82) is 0 Å². The van der Waals surface area contributed by atoms with Crippen LogP contribution in [0, 0.1) is 5.82 Å². The van der Waals surface area contributed by atoms with E-state index in [9.17, 15) is 9.18 Å². The summed E-state index contributed by atoms with van der Waals surface area (Å²) in [4.78, 5) is 14.7. The Kier molecular flexibility index (Phi) is 6.93. The van der Waals surface area contributed by atoms with Crippen LogP contribution >= 0.6 is 0 Å². The lowest BCUT2D eigenvalue weighted by atomic mass is 10.1. The molecular formula is C22H26FNO5. The number of methoxy groups -OCH3 is 3. The van der Waals surface area contributed by atoms with Crippen LogP contribution in [0.4, 0.5) is 4.39 Å². The Morgan fingerprint density at radius 1 is 1.14 bits per heavy atom. The molecule has 1 atom stereocenters. The number of amides is 1. The Hall–Kier alpha value is -2.80. The first kappa shape index (κ1) is 20.9. The van der Waals surface area contributed by atoms with E-state index in [4.69, 9.17) is 18.9 Å². The molecule has 0 N–H and O–H groups in total. The van der Waals surface area contributed by atoms with Crippen LogP contribution in [0.5, 0.6) is 17.2 Å². The minimum atomic E-state index is -0.542. The molecule has 0 saturated carbocycles. The van der Waals surface area contributed by atoms with Gasteiger partial charge in [0.2, 0.25) is 5.75 Å². The van der Waals surface area contributed by atoms with Crippen LogP contribution in [-0.2, 0) is 11.3 Å². The summed E-state index contributed by atoms with van der Waals surface area (Å²) < 4.78 is 36.1. The number of hydrogen-bond donors (Lipinski definition) is 0. The van der Waals surface area contributed by atoms with E-state index in [0.29, 0.717) is 30.4 Å². The molecule has 1 saturated heterocycles. The zero-order chi connectivity index (χ0) is 20.8. The van der Waals surface area contributed by atoms with Gasteiger partial charge in [-0.3, -0.25) is 4.79 Å². The van der Waals surface area contributed by atoms with Crippen molar-refractivity contribution in [2.45, 2.75) is 25.5 Å². The first-order valence-electron chi connectivity index (χ1n) is 9.51. The van der Waals surface area contributed by atoms with E-state index in [1.807, 2.05) is 0 Å². The third-order valence-electron chi connectivity index (χ3n) is 4.94. The fraction of sp³-hybridized carbons (Fsp3) is 0.409. The van der Waals surface area contributed by atoms with Gasteiger partial charge < -0.3 is 23.8 Å². The van der Waals surface area contributed by atoms with Gasteiger partial charge in [0.05, 0.1) is 33.0 Å². The number of rotatable bonds is 8. The van der Waals surface area contributed by atoms with Gasteiger partial charge in [-0.2, -0.15) is 0 Å². The molecule has 3 rings (SSSR count). The lowest BCUT2D eigenvalue weighted by Crippen LogP contribution is -2.37. The average Bonchev–Trinajstić information content (AvgIpc) is 3.25. The minimum absolute atomic E-state index is 0.0398. The second-order valence-corrected chi connectivity index (χ2v) is 6.83. The van der Waals surface area contributed by atoms with Gasteiger partial charge in [-0.1, -0.05) is 12.1 Å². The van der Waals surface area contributed by atoms with Crippen molar-refractivity contribution in [3.8, 4) is 17.2 Å². The van der Waals surface area contributed by atoms with E-state index in [1.165, 1.54) is 33.5 Å². The number of carbonyl (C=O) groups is 1. The Morgan fingerprint density at radius 2 is 1.83 bits per heavy atom. The fourth-order valence-corrected chi connectivity index (χ4v) is 3.51. The predicted molar refractivity (Wildman–Crippen MR) is 106 cm³/mol. The second-order valence-electron chi connectivity index (χ2n) is 6.83. The molecule has 2 aromatic rings. The summed E-state index contributed by atoms with van der Waals surface area (Å²) >= 11 is 0. The van der Waals surface area contributed by atoms with E-state index < -0.39 is 5.82 Å². The number of ether oxygens (including phenoxy) is 4. The summed E-state index contributed by atoms with van der Waals surface area (Å²) in [6.07, 6.45) is 1.76. The van der Waals surface area contributed by atoms with E-state index in [2.05, 4.69) is 0 Å². The van der Waals surface area contributed by atoms with Crippen molar-refractivity contribution < 1.29 is 28.1 Å². The molecule has 1 amide bonds. The largest absolute Gasteiger partial charge is 0.493 e. The second kappa shape index (κ2) is 9.60. The fourth-order valence-electron chi connectivity index (χ4n) is 3.51. The van der Waals surface area contributed by atoms with Crippen LogP contribution in [0.3, 0.4) is 0 Å². The zero-order valence-corrected chi connectivity index (χ0v) is 16.9. The topological polar surface area (TPSA) is 57.2 Å². The Labute approximate surface area is 170 Å². The highest BCUT2D eigenvalue weighted by Gasteiger charge is 2.26. The lowest BCUT2D eigenvalue weighted by Gasteiger charge is -2.26. The maximum absolute atomic E-state index is 14.3. The standard InChI is InChI=1S/C22H26FNO5/c1-26-19-11-15(12-20(27-2)21(19)28-3)13-24(14-16-7-6-10-29-16)22(25)17-8-4-5-9-18(17)23/h4-5,8-9,11-12,16H,6-7,10,13-14H2,1-3H3/t16-/m0/s1. The van der Waals surface area contributed by atoms with Crippen molar-refractivity contribution in [2.24, 2.45) is 0 Å². The molecule has 1 aliphatic rings. The van der Waals surface area contributed by atoms with Gasteiger partial charge in [-0.15, -0.1) is 0 Å². The maximum Gasteiger partial charge on any atom is 0.257 e. The third kappa shape index (κ3) is 4.79. The molecule has 1 fully saturated rings. The van der Waals surface area contributed by atoms with Crippen molar-refractivity contribution >= 4 is 5.91 Å². The summed E-state index contributed by atoms with van der Waals surface area (Å²) in [5, 5.41) is 0. The van der Waals surface area contributed by atoms with E-state index >= 15 is 0 Å². The third-order valence-corrected chi connectivity index (χ3v) is 4.94. The van der Waals surface area contributed by atoms with Gasteiger partial charge >= 0.3 is 0 Å². The van der Waals surface area contributed by atoms with Crippen molar-refractivity contribution in [3.63, 3.8) is 0 Å². The van der Waals surface area contributed by atoms with Gasteiger partial charge in [0.25, 0.3) is 5.91 Å². The first-order chi connectivity index (χ1) is 14.1. The summed E-state index contributed by atoms with van der Waals surface area (Å²) in [6, 6.07) is 9.58. The molecule has 0 aromatic heterocycles. The summed E-state index contributed by atoms with van der Waals surface area (Å²) in [5.74, 6) is 0.548. The Balaban J connectivity index is 1.92. The molecule has 7 heteroatoms. The molecule has 6 nitrogen and oxygen atoms in total. The molecule has 0 aliphatic carbocycles. The van der Waals surface area contributed by atoms with Gasteiger partial charge in [0, 0.05) is 19.7 Å². The molecule has 1 aliphatic heterocycles. The molecule has 0 radical (unpaired) electrons. The normalized spacial score (nSPS) is 15.8. The average molecular weight is 403 g/mol. The first-order valence-corrected chi connectivity index (χ1v) is 9.51. The Bertz CT molecular complexity index is 826.